The molecular formula is C19H23NO. The molecule has 1 aliphatic heterocycles. The Kier molecular flexibility index (Phi) is 3.09. The molecule has 3 atom stereocenters. The average Bonchev–Trinajstić information content (AvgIpc) is 2.68. The van der Waals surface area contributed by atoms with Crippen LogP contribution in [0.5, 0.6) is 0 Å². The summed E-state index contributed by atoms with van der Waals surface area (Å²) in [5.41, 5.74) is 0.594. The molecule has 1 fully saturated rings. The molecule has 0 spiro atoms. The molecule has 0 saturated carbocycles. The SMILES string of the molecule is CC(C)(C)N1C(=O)[C@@]2(C)C=CC=C[C@H]2[C@@H]1c1ccccc1. The van der Waals surface area contributed by atoms with Crippen molar-refractivity contribution in [2.45, 2.75) is 39.3 Å². The molecule has 0 bridgehead atoms. The third-order valence-corrected chi connectivity index (χ3v) is 4.73. The number of likely N-dealkylation sites (tertiary alicyclic amines) is 1. The largest absolute Gasteiger partial charge is 0.329 e. The van der Waals surface area contributed by atoms with Crippen LogP contribution in [-0.4, -0.2) is 16.3 Å². The Balaban J connectivity index is 2.16. The van der Waals surface area contributed by atoms with E-state index in [9.17, 15) is 4.79 Å². The van der Waals surface area contributed by atoms with Gasteiger partial charge in [0, 0.05) is 11.5 Å². The number of hydrogen-bond acceptors (Lipinski definition) is 1. The molecule has 1 saturated heterocycles. The van der Waals surface area contributed by atoms with Gasteiger partial charge in [0.2, 0.25) is 5.91 Å². The molecule has 1 aromatic carbocycles. The van der Waals surface area contributed by atoms with E-state index in [1.165, 1.54) is 5.56 Å². The standard InChI is InChI=1S/C19H23NO/c1-18(2,3)20-16(14-10-6-5-7-11-14)15-12-8-9-13-19(15,4)17(20)21/h5-13,15-16H,1-4H3/t15-,16-,19-/m0/s1. The smallest absolute Gasteiger partial charge is 0.234 e. The fourth-order valence-electron chi connectivity index (χ4n) is 3.67. The summed E-state index contributed by atoms with van der Waals surface area (Å²) < 4.78 is 0. The van der Waals surface area contributed by atoms with E-state index in [0.717, 1.165) is 0 Å². The summed E-state index contributed by atoms with van der Waals surface area (Å²) in [6, 6.07) is 10.5. The third-order valence-electron chi connectivity index (χ3n) is 4.73. The number of benzene rings is 1. The Labute approximate surface area is 127 Å². The van der Waals surface area contributed by atoms with Crippen molar-refractivity contribution in [1.82, 2.24) is 4.90 Å². The molecule has 0 unspecified atom stereocenters. The second-order valence-corrected chi connectivity index (χ2v) is 7.25. The molecule has 1 aromatic rings. The summed E-state index contributed by atoms with van der Waals surface area (Å²) in [6.45, 7) is 8.43. The Bertz CT molecular complexity index is 608. The summed E-state index contributed by atoms with van der Waals surface area (Å²) >= 11 is 0. The minimum atomic E-state index is -0.428. The summed E-state index contributed by atoms with van der Waals surface area (Å²) in [5.74, 6) is 0.422. The highest BCUT2D eigenvalue weighted by Gasteiger charge is 2.57. The van der Waals surface area contributed by atoms with E-state index in [4.69, 9.17) is 0 Å². The van der Waals surface area contributed by atoms with E-state index in [0.29, 0.717) is 0 Å². The molecule has 1 heterocycles. The van der Waals surface area contributed by atoms with Crippen molar-refractivity contribution in [2.75, 3.05) is 0 Å². The van der Waals surface area contributed by atoms with Crippen LogP contribution in [0.25, 0.3) is 0 Å². The van der Waals surface area contributed by atoms with Gasteiger partial charge in [-0.25, -0.2) is 0 Å². The van der Waals surface area contributed by atoms with Crippen LogP contribution in [0.3, 0.4) is 0 Å². The molecule has 2 aliphatic rings. The topological polar surface area (TPSA) is 20.3 Å². The minimum absolute atomic E-state index is 0.102. The van der Waals surface area contributed by atoms with E-state index in [-0.39, 0.29) is 23.4 Å². The number of carbonyl (C=O) groups excluding carboxylic acids is 1. The third kappa shape index (κ3) is 2.05. The molecule has 2 heteroatoms. The lowest BCUT2D eigenvalue weighted by atomic mass is 9.73. The predicted octanol–water partition coefficient (Wildman–Crippen LogP) is 4.12. The van der Waals surface area contributed by atoms with Gasteiger partial charge in [0.05, 0.1) is 11.5 Å². The van der Waals surface area contributed by atoms with Crippen LogP contribution in [0.2, 0.25) is 0 Å². The number of amides is 1. The minimum Gasteiger partial charge on any atom is -0.329 e. The maximum atomic E-state index is 13.1. The van der Waals surface area contributed by atoms with Crippen LogP contribution >= 0.6 is 0 Å². The second kappa shape index (κ2) is 4.59. The normalized spacial score (nSPS) is 31.6. The molecule has 1 aliphatic carbocycles. The molecule has 3 rings (SSSR count). The van der Waals surface area contributed by atoms with Crippen molar-refractivity contribution >= 4 is 5.91 Å². The highest BCUT2D eigenvalue weighted by molar-refractivity contribution is 5.89. The van der Waals surface area contributed by atoms with Crippen molar-refractivity contribution < 1.29 is 4.79 Å². The fraction of sp³-hybridized carbons (Fsp3) is 0.421. The van der Waals surface area contributed by atoms with E-state index in [1.54, 1.807) is 0 Å². The summed E-state index contributed by atoms with van der Waals surface area (Å²) in [5, 5.41) is 0. The highest BCUT2D eigenvalue weighted by atomic mass is 16.2. The van der Waals surface area contributed by atoms with Gasteiger partial charge in [-0.2, -0.15) is 0 Å². The number of fused-ring (bicyclic) bond motifs is 1. The van der Waals surface area contributed by atoms with E-state index in [2.05, 4.69) is 75.1 Å². The number of rotatable bonds is 1. The summed E-state index contributed by atoms with van der Waals surface area (Å²) in [7, 11) is 0. The Morgan fingerprint density at radius 3 is 2.38 bits per heavy atom. The van der Waals surface area contributed by atoms with Crippen molar-refractivity contribution in [3.8, 4) is 0 Å². The summed E-state index contributed by atoms with van der Waals surface area (Å²) in [6.07, 6.45) is 8.34. The molecule has 0 N–H and O–H groups in total. The van der Waals surface area contributed by atoms with Gasteiger partial charge in [-0.3, -0.25) is 4.79 Å². The van der Waals surface area contributed by atoms with Gasteiger partial charge in [0.25, 0.3) is 0 Å². The highest BCUT2D eigenvalue weighted by Crippen LogP contribution is 2.54. The van der Waals surface area contributed by atoms with Crippen LogP contribution in [-0.2, 0) is 4.79 Å². The maximum absolute atomic E-state index is 13.1. The van der Waals surface area contributed by atoms with Gasteiger partial charge in [-0.05, 0) is 33.3 Å². The van der Waals surface area contributed by atoms with Crippen LogP contribution < -0.4 is 0 Å². The lowest BCUT2D eigenvalue weighted by Gasteiger charge is -2.38. The van der Waals surface area contributed by atoms with Gasteiger partial charge in [-0.1, -0.05) is 54.6 Å². The van der Waals surface area contributed by atoms with Gasteiger partial charge in [0.1, 0.15) is 0 Å². The first-order chi connectivity index (χ1) is 9.86. The van der Waals surface area contributed by atoms with Gasteiger partial charge >= 0.3 is 0 Å². The first kappa shape index (κ1) is 14.1. The Hall–Kier alpha value is -1.83. The van der Waals surface area contributed by atoms with E-state index < -0.39 is 5.41 Å². The lowest BCUT2D eigenvalue weighted by molar-refractivity contribution is -0.139. The zero-order chi connectivity index (χ0) is 15.3. The first-order valence-electron chi connectivity index (χ1n) is 7.60. The van der Waals surface area contributed by atoms with Crippen LogP contribution in [0.1, 0.15) is 39.3 Å². The maximum Gasteiger partial charge on any atom is 0.234 e. The molecule has 1 amide bonds. The monoisotopic (exact) mass is 281 g/mol. The van der Waals surface area contributed by atoms with Gasteiger partial charge < -0.3 is 4.90 Å². The molecular weight excluding hydrogens is 258 g/mol. The fourth-order valence-corrected chi connectivity index (χ4v) is 3.67. The molecule has 0 radical (unpaired) electrons. The van der Waals surface area contributed by atoms with Crippen molar-refractivity contribution in [3.63, 3.8) is 0 Å². The predicted molar refractivity (Wildman–Crippen MR) is 85.7 cm³/mol. The molecule has 2 nitrogen and oxygen atoms in total. The Morgan fingerprint density at radius 2 is 1.76 bits per heavy atom. The Morgan fingerprint density at radius 1 is 1.10 bits per heavy atom. The summed E-state index contributed by atoms with van der Waals surface area (Å²) in [4.78, 5) is 15.2. The first-order valence-corrected chi connectivity index (χ1v) is 7.60. The number of hydrogen-bond donors (Lipinski definition) is 0. The zero-order valence-corrected chi connectivity index (χ0v) is 13.2. The van der Waals surface area contributed by atoms with Crippen LogP contribution in [0, 0.1) is 11.3 Å². The number of nitrogens with zero attached hydrogens (tertiary/aromatic N) is 1. The van der Waals surface area contributed by atoms with Crippen LogP contribution in [0.4, 0.5) is 0 Å². The molecule has 0 aromatic heterocycles. The average molecular weight is 281 g/mol. The van der Waals surface area contributed by atoms with Crippen molar-refractivity contribution in [2.24, 2.45) is 11.3 Å². The van der Waals surface area contributed by atoms with Crippen molar-refractivity contribution in [3.05, 3.63) is 60.2 Å². The van der Waals surface area contributed by atoms with Crippen molar-refractivity contribution in [1.29, 1.82) is 0 Å². The molecule has 110 valence electrons. The molecule has 21 heavy (non-hydrogen) atoms. The van der Waals surface area contributed by atoms with E-state index in [1.807, 2.05) is 12.1 Å². The van der Waals surface area contributed by atoms with E-state index >= 15 is 0 Å². The second-order valence-electron chi connectivity index (χ2n) is 7.25. The van der Waals surface area contributed by atoms with Gasteiger partial charge in [0.15, 0.2) is 0 Å². The number of allylic oxidation sites excluding steroid dienone is 2. The lowest BCUT2D eigenvalue weighted by Crippen LogP contribution is -2.45. The quantitative estimate of drug-likeness (QED) is 0.758. The number of carbonyl (C=O) groups is 1. The van der Waals surface area contributed by atoms with Crippen LogP contribution in [0.15, 0.2) is 54.6 Å². The zero-order valence-electron chi connectivity index (χ0n) is 13.2. The van der Waals surface area contributed by atoms with Gasteiger partial charge in [-0.15, -0.1) is 0 Å².